The quantitative estimate of drug-likeness (QED) is 0.144. The molecule has 0 N–H and O–H groups in total. The molecule has 0 bridgehead atoms. The molecule has 0 radical (unpaired) electrons. The number of rotatable bonds is 9. The van der Waals surface area contributed by atoms with Gasteiger partial charge in [0, 0.05) is 27.2 Å². The summed E-state index contributed by atoms with van der Waals surface area (Å²) in [4.78, 5) is 0. The van der Waals surface area contributed by atoms with E-state index < -0.39 is 0 Å². The molecule has 9 aromatic carbocycles. The largest absolute Gasteiger partial charge is 0.456 e. The molecule has 0 aliphatic carbocycles. The SMILES string of the molecule is c1ccc2cc(-c3ccc(CC(CCc4ccc(-c5ccc(-n6c7ccccc7c7ccccc76)cc5)cc4)c4ccc5oc6ccccc6c5c4)cc3)ccc2c1. The highest BCUT2D eigenvalue weighted by Gasteiger charge is 2.17. The van der Waals surface area contributed by atoms with Crippen molar-refractivity contribution in [2.75, 3.05) is 0 Å². The molecule has 11 rings (SSSR count). The van der Waals surface area contributed by atoms with E-state index in [-0.39, 0.29) is 0 Å². The first-order chi connectivity index (χ1) is 28.7. The van der Waals surface area contributed by atoms with Crippen molar-refractivity contribution in [3.8, 4) is 27.9 Å². The third kappa shape index (κ3) is 6.24. The lowest BCUT2D eigenvalue weighted by Crippen LogP contribution is -2.05. The monoisotopic (exact) mass is 743 g/mol. The molecule has 58 heavy (non-hydrogen) atoms. The number of benzene rings is 9. The maximum atomic E-state index is 6.22. The van der Waals surface area contributed by atoms with Crippen LogP contribution in [0.25, 0.3) is 82.5 Å². The van der Waals surface area contributed by atoms with E-state index in [0.29, 0.717) is 5.92 Å². The summed E-state index contributed by atoms with van der Waals surface area (Å²) in [5, 5.41) is 7.48. The smallest absolute Gasteiger partial charge is 0.135 e. The summed E-state index contributed by atoms with van der Waals surface area (Å²) in [5.74, 6) is 0.345. The van der Waals surface area contributed by atoms with E-state index in [0.717, 1.165) is 30.4 Å². The zero-order valence-electron chi connectivity index (χ0n) is 32.2. The third-order valence-electron chi connectivity index (χ3n) is 12.2. The van der Waals surface area contributed by atoms with Crippen molar-refractivity contribution in [3.05, 3.63) is 223 Å². The molecule has 2 heteroatoms. The van der Waals surface area contributed by atoms with Crippen LogP contribution in [-0.4, -0.2) is 4.57 Å². The molecule has 2 heterocycles. The lowest BCUT2D eigenvalue weighted by Gasteiger charge is -2.19. The second kappa shape index (κ2) is 14.4. The van der Waals surface area contributed by atoms with E-state index in [1.807, 2.05) is 6.07 Å². The van der Waals surface area contributed by atoms with E-state index in [1.165, 1.54) is 88.0 Å². The summed E-state index contributed by atoms with van der Waals surface area (Å²) in [5.41, 5.74) is 14.6. The second-order valence-corrected chi connectivity index (χ2v) is 15.7. The van der Waals surface area contributed by atoms with Crippen molar-refractivity contribution in [2.24, 2.45) is 0 Å². The highest BCUT2D eigenvalue weighted by molar-refractivity contribution is 6.09. The topological polar surface area (TPSA) is 18.1 Å². The Morgan fingerprint density at radius 1 is 0.397 bits per heavy atom. The Bertz CT molecular complexity index is 3180. The van der Waals surface area contributed by atoms with E-state index >= 15 is 0 Å². The molecule has 2 nitrogen and oxygen atoms in total. The van der Waals surface area contributed by atoms with Crippen LogP contribution in [0.1, 0.15) is 29.0 Å². The van der Waals surface area contributed by atoms with Crippen LogP contribution in [-0.2, 0) is 12.8 Å². The molecule has 2 aromatic heterocycles. The minimum atomic E-state index is 0.345. The molecule has 0 amide bonds. The molecule has 1 atom stereocenters. The van der Waals surface area contributed by atoms with Gasteiger partial charge in [-0.2, -0.15) is 0 Å². The van der Waals surface area contributed by atoms with Gasteiger partial charge >= 0.3 is 0 Å². The van der Waals surface area contributed by atoms with Crippen LogP contribution in [0.2, 0.25) is 0 Å². The molecule has 1 unspecified atom stereocenters. The Balaban J connectivity index is 0.852. The number of hydrogen-bond acceptors (Lipinski definition) is 1. The predicted molar refractivity (Wildman–Crippen MR) is 244 cm³/mol. The lowest BCUT2D eigenvalue weighted by atomic mass is 9.86. The van der Waals surface area contributed by atoms with Crippen molar-refractivity contribution in [3.63, 3.8) is 0 Å². The normalized spacial score (nSPS) is 12.3. The van der Waals surface area contributed by atoms with Gasteiger partial charge in [-0.3, -0.25) is 0 Å². The summed E-state index contributed by atoms with van der Waals surface area (Å²) in [6, 6.07) is 75.4. The van der Waals surface area contributed by atoms with Crippen LogP contribution in [0.4, 0.5) is 0 Å². The maximum absolute atomic E-state index is 6.22. The zero-order chi connectivity index (χ0) is 38.4. The number of para-hydroxylation sites is 3. The molecule has 0 saturated heterocycles. The summed E-state index contributed by atoms with van der Waals surface area (Å²) >= 11 is 0. The number of nitrogens with zero attached hydrogens (tertiary/aromatic N) is 1. The van der Waals surface area contributed by atoms with Gasteiger partial charge in [-0.1, -0.05) is 158 Å². The van der Waals surface area contributed by atoms with Gasteiger partial charge in [-0.05, 0) is 123 Å². The third-order valence-corrected chi connectivity index (χ3v) is 12.2. The average molecular weight is 744 g/mol. The first-order valence-electron chi connectivity index (χ1n) is 20.4. The molecule has 276 valence electrons. The fourth-order valence-electron chi connectivity index (χ4n) is 9.08. The molecule has 0 spiro atoms. The maximum Gasteiger partial charge on any atom is 0.135 e. The molecule has 11 aromatic rings. The zero-order valence-corrected chi connectivity index (χ0v) is 32.2. The predicted octanol–water partition coefficient (Wildman–Crippen LogP) is 15.1. The Morgan fingerprint density at radius 3 is 1.67 bits per heavy atom. The molecule has 0 aliphatic heterocycles. The van der Waals surface area contributed by atoms with Crippen molar-refractivity contribution in [2.45, 2.75) is 25.2 Å². The van der Waals surface area contributed by atoms with Crippen molar-refractivity contribution in [1.29, 1.82) is 0 Å². The van der Waals surface area contributed by atoms with Gasteiger partial charge in [0.2, 0.25) is 0 Å². The number of furan rings is 1. The van der Waals surface area contributed by atoms with E-state index in [1.54, 1.807) is 0 Å². The Morgan fingerprint density at radius 2 is 0.948 bits per heavy atom. The van der Waals surface area contributed by atoms with Crippen LogP contribution in [0, 0.1) is 0 Å². The second-order valence-electron chi connectivity index (χ2n) is 15.7. The van der Waals surface area contributed by atoms with Crippen LogP contribution in [0.15, 0.2) is 211 Å². The summed E-state index contributed by atoms with van der Waals surface area (Å²) in [6.45, 7) is 0. The Kier molecular flexibility index (Phi) is 8.47. The van der Waals surface area contributed by atoms with Gasteiger partial charge in [0.05, 0.1) is 11.0 Å². The van der Waals surface area contributed by atoms with Crippen LogP contribution < -0.4 is 0 Å². The van der Waals surface area contributed by atoms with E-state index in [2.05, 4.69) is 205 Å². The Labute approximate surface area is 338 Å². The molecular weight excluding hydrogens is 703 g/mol. The summed E-state index contributed by atoms with van der Waals surface area (Å²) in [7, 11) is 0. The molecular formula is C56H41NO. The summed E-state index contributed by atoms with van der Waals surface area (Å²) in [6.07, 6.45) is 3.01. The minimum absolute atomic E-state index is 0.345. The average Bonchev–Trinajstić information content (AvgIpc) is 3.84. The van der Waals surface area contributed by atoms with Gasteiger partial charge in [-0.25, -0.2) is 0 Å². The van der Waals surface area contributed by atoms with Gasteiger partial charge in [0.1, 0.15) is 11.2 Å². The van der Waals surface area contributed by atoms with Gasteiger partial charge < -0.3 is 8.98 Å². The van der Waals surface area contributed by atoms with E-state index in [9.17, 15) is 0 Å². The number of fused-ring (bicyclic) bond motifs is 7. The van der Waals surface area contributed by atoms with Crippen molar-refractivity contribution < 1.29 is 4.42 Å². The van der Waals surface area contributed by atoms with Gasteiger partial charge in [-0.15, -0.1) is 0 Å². The van der Waals surface area contributed by atoms with E-state index in [4.69, 9.17) is 4.42 Å². The fraction of sp³-hybridized carbons (Fsp3) is 0.0714. The number of hydrogen-bond donors (Lipinski definition) is 0. The Hall–Kier alpha value is -7.16. The fourth-order valence-corrected chi connectivity index (χ4v) is 9.08. The number of aryl methyl sites for hydroxylation is 1. The van der Waals surface area contributed by atoms with Gasteiger partial charge in [0.15, 0.2) is 0 Å². The standard InChI is InChI=1S/C56H41NO/c1-2-10-44-36-46(28-27-40(44)9-1)43-24-20-39(21-25-43)35-45(47-31-34-56-52(37-47)51-13-5-8-16-55(51)58-56)26-19-38-17-22-41(23-18-38)42-29-32-48(33-30-42)57-53-14-6-3-11-49(53)50-12-4-7-15-54(50)57/h1-18,20-25,27-34,36-37,45H,19,26,35H2. The van der Waals surface area contributed by atoms with Crippen LogP contribution >= 0.6 is 0 Å². The van der Waals surface area contributed by atoms with Crippen molar-refractivity contribution >= 4 is 54.5 Å². The molecule has 0 aliphatic rings. The highest BCUT2D eigenvalue weighted by atomic mass is 16.3. The summed E-state index contributed by atoms with van der Waals surface area (Å²) < 4.78 is 8.60. The highest BCUT2D eigenvalue weighted by Crippen LogP contribution is 2.36. The van der Waals surface area contributed by atoms with Gasteiger partial charge in [0.25, 0.3) is 0 Å². The minimum Gasteiger partial charge on any atom is -0.456 e. The molecule has 0 fully saturated rings. The number of aromatic nitrogens is 1. The van der Waals surface area contributed by atoms with Crippen molar-refractivity contribution in [1.82, 2.24) is 4.57 Å². The van der Waals surface area contributed by atoms with Crippen LogP contribution in [0.3, 0.4) is 0 Å². The first-order valence-corrected chi connectivity index (χ1v) is 20.4. The van der Waals surface area contributed by atoms with Crippen LogP contribution in [0.5, 0.6) is 0 Å². The lowest BCUT2D eigenvalue weighted by molar-refractivity contribution is 0.621. The molecule has 0 saturated carbocycles. The first kappa shape index (κ1) is 34.1.